The smallest absolute Gasteiger partial charge is 0.320 e. The highest BCUT2D eigenvalue weighted by Gasteiger charge is 2.19. The Morgan fingerprint density at radius 3 is 2.12 bits per heavy atom. The summed E-state index contributed by atoms with van der Waals surface area (Å²) in [6.45, 7) is 7.35. The van der Waals surface area contributed by atoms with Crippen molar-refractivity contribution in [3.8, 4) is 40.3 Å². The molecule has 0 saturated heterocycles. The van der Waals surface area contributed by atoms with Crippen molar-refractivity contribution in [1.29, 1.82) is 0 Å². The highest BCUT2D eigenvalue weighted by molar-refractivity contribution is 6.25. The van der Waals surface area contributed by atoms with Crippen LogP contribution in [0.5, 0.6) is 17.5 Å². The zero-order valence-corrected chi connectivity index (χ0v) is 23.9. The van der Waals surface area contributed by atoms with Crippen LogP contribution in [-0.4, -0.2) is 33.3 Å². The number of aromatic nitrogens is 3. The lowest BCUT2D eigenvalue weighted by Gasteiger charge is -2.16. The van der Waals surface area contributed by atoms with Crippen molar-refractivity contribution >= 4 is 32.3 Å². The van der Waals surface area contributed by atoms with Crippen LogP contribution in [0, 0.1) is 5.92 Å². The van der Waals surface area contributed by atoms with Gasteiger partial charge >= 0.3 is 6.01 Å². The minimum Gasteiger partial charge on any atom is -0.507 e. The van der Waals surface area contributed by atoms with Gasteiger partial charge in [-0.05, 0) is 69.8 Å². The fourth-order valence-corrected chi connectivity index (χ4v) is 5.64. The fraction of sp³-hybridized carbons (Fsp3) is 0.286. The van der Waals surface area contributed by atoms with Crippen molar-refractivity contribution in [1.82, 2.24) is 15.0 Å². The molecule has 1 unspecified atom stereocenters. The molecule has 41 heavy (non-hydrogen) atoms. The first-order chi connectivity index (χ1) is 20.1. The molecule has 0 amide bonds. The van der Waals surface area contributed by atoms with Crippen LogP contribution in [0.4, 0.5) is 0 Å². The number of nitrogens with zero attached hydrogens (tertiary/aromatic N) is 3. The summed E-state index contributed by atoms with van der Waals surface area (Å²) in [5, 5.41) is 18.0. The zero-order valence-electron chi connectivity index (χ0n) is 23.9. The van der Waals surface area contributed by atoms with Crippen molar-refractivity contribution in [3.05, 3.63) is 72.8 Å². The highest BCUT2D eigenvalue weighted by Crippen LogP contribution is 2.39. The number of unbranched alkanes of at least 4 members (excludes halogenated alkanes) is 1. The van der Waals surface area contributed by atoms with E-state index in [0.717, 1.165) is 30.2 Å². The van der Waals surface area contributed by atoms with Gasteiger partial charge in [-0.2, -0.15) is 9.97 Å². The minimum absolute atomic E-state index is 0.0452. The second-order valence-corrected chi connectivity index (χ2v) is 10.6. The first-order valence-electron chi connectivity index (χ1n) is 14.6. The molecule has 0 aliphatic heterocycles. The average Bonchev–Trinajstić information content (AvgIpc) is 3.00. The van der Waals surface area contributed by atoms with E-state index in [-0.39, 0.29) is 11.8 Å². The predicted octanol–water partition coefficient (Wildman–Crippen LogP) is 8.80. The monoisotopic (exact) mass is 545 g/mol. The number of phenolic OH excluding ortho intramolecular Hbond substituents is 1. The summed E-state index contributed by atoms with van der Waals surface area (Å²) in [5.41, 5.74) is 1.39. The Morgan fingerprint density at radius 1 is 0.732 bits per heavy atom. The van der Waals surface area contributed by atoms with E-state index in [1.54, 1.807) is 12.1 Å². The summed E-state index contributed by atoms with van der Waals surface area (Å²) >= 11 is 0. The number of ether oxygens (including phenoxy) is 2. The third-order valence-electron chi connectivity index (χ3n) is 7.90. The number of benzene rings is 5. The van der Waals surface area contributed by atoms with Crippen molar-refractivity contribution in [2.75, 3.05) is 13.2 Å². The topological polar surface area (TPSA) is 77.4 Å². The Kier molecular flexibility index (Phi) is 7.55. The summed E-state index contributed by atoms with van der Waals surface area (Å²) in [4.78, 5) is 14.4. The lowest BCUT2D eigenvalue weighted by molar-refractivity contribution is 0.217. The van der Waals surface area contributed by atoms with Gasteiger partial charge in [-0.1, -0.05) is 81.6 Å². The van der Waals surface area contributed by atoms with Gasteiger partial charge in [0.05, 0.1) is 18.8 Å². The van der Waals surface area contributed by atoms with E-state index in [4.69, 9.17) is 19.4 Å². The van der Waals surface area contributed by atoms with Crippen molar-refractivity contribution < 1.29 is 14.6 Å². The molecule has 5 aromatic carbocycles. The van der Waals surface area contributed by atoms with Gasteiger partial charge in [0.2, 0.25) is 0 Å². The average molecular weight is 546 g/mol. The summed E-state index contributed by atoms with van der Waals surface area (Å²) in [7, 11) is 0. The van der Waals surface area contributed by atoms with Gasteiger partial charge in [0.15, 0.2) is 11.6 Å². The maximum Gasteiger partial charge on any atom is 0.320 e. The molecule has 0 aliphatic carbocycles. The zero-order chi connectivity index (χ0) is 28.3. The van der Waals surface area contributed by atoms with E-state index in [1.807, 2.05) is 13.0 Å². The van der Waals surface area contributed by atoms with Crippen LogP contribution in [0.25, 0.3) is 55.1 Å². The molecule has 6 nitrogen and oxygen atoms in total. The Balaban J connectivity index is 1.49. The molecule has 0 aliphatic rings. The molecule has 1 N–H and O–H groups in total. The van der Waals surface area contributed by atoms with Crippen LogP contribution < -0.4 is 9.47 Å². The molecule has 0 spiro atoms. The molecule has 1 aromatic heterocycles. The Bertz CT molecular complexity index is 1800. The molecule has 0 bridgehead atoms. The molecule has 6 heteroatoms. The number of hydrogen-bond donors (Lipinski definition) is 1. The first-order valence-corrected chi connectivity index (χ1v) is 14.6. The molecule has 0 radical (unpaired) electrons. The first kappa shape index (κ1) is 26.8. The number of aromatic hydroxyl groups is 1. The van der Waals surface area contributed by atoms with Crippen molar-refractivity contribution in [3.63, 3.8) is 0 Å². The third-order valence-corrected chi connectivity index (χ3v) is 7.90. The second kappa shape index (κ2) is 11.6. The van der Waals surface area contributed by atoms with E-state index in [0.29, 0.717) is 42.1 Å². The highest BCUT2D eigenvalue weighted by atomic mass is 16.5. The van der Waals surface area contributed by atoms with Crippen molar-refractivity contribution in [2.45, 2.75) is 46.5 Å². The van der Waals surface area contributed by atoms with E-state index in [1.165, 1.54) is 33.4 Å². The van der Waals surface area contributed by atoms with E-state index in [2.05, 4.69) is 73.4 Å². The van der Waals surface area contributed by atoms with Crippen LogP contribution in [0.3, 0.4) is 0 Å². The Labute approximate surface area is 240 Å². The summed E-state index contributed by atoms with van der Waals surface area (Å²) in [6, 6.07) is 24.7. The molecule has 6 rings (SSSR count). The number of hydrogen-bond acceptors (Lipinski definition) is 6. The fourth-order valence-electron chi connectivity index (χ4n) is 5.64. The molecule has 1 heterocycles. The second-order valence-electron chi connectivity index (χ2n) is 10.6. The number of phenols is 1. The normalized spacial score (nSPS) is 12.4. The molecule has 6 aromatic rings. The van der Waals surface area contributed by atoms with Gasteiger partial charge in [0, 0.05) is 11.6 Å². The van der Waals surface area contributed by atoms with Crippen LogP contribution in [-0.2, 0) is 0 Å². The minimum atomic E-state index is 0.0452. The summed E-state index contributed by atoms with van der Waals surface area (Å²) < 4.78 is 11.8. The maximum atomic E-state index is 10.9. The van der Waals surface area contributed by atoms with Crippen LogP contribution in [0.2, 0.25) is 0 Å². The number of rotatable bonds is 11. The SMILES string of the molecule is CCCCC(CC)COc1nc(-c2ccc(OCC)cc2O)nc(-c2ccc3ccc4cccc5ccc2c3c45)n1. The summed E-state index contributed by atoms with van der Waals surface area (Å²) in [5.74, 6) is 1.93. The van der Waals surface area contributed by atoms with Crippen molar-refractivity contribution in [2.24, 2.45) is 5.92 Å². The lowest BCUT2D eigenvalue weighted by atomic mass is 9.92. The summed E-state index contributed by atoms with van der Waals surface area (Å²) in [6.07, 6.45) is 4.45. The van der Waals surface area contributed by atoms with Gasteiger partial charge in [-0.25, -0.2) is 4.98 Å². The largest absolute Gasteiger partial charge is 0.507 e. The van der Waals surface area contributed by atoms with Gasteiger partial charge in [-0.3, -0.25) is 0 Å². The van der Waals surface area contributed by atoms with Gasteiger partial charge in [-0.15, -0.1) is 0 Å². The third kappa shape index (κ3) is 5.22. The van der Waals surface area contributed by atoms with Gasteiger partial charge in [0.1, 0.15) is 11.5 Å². The van der Waals surface area contributed by atoms with E-state index in [9.17, 15) is 5.11 Å². The molecule has 208 valence electrons. The Hall–Kier alpha value is -4.45. The molecule has 1 atom stereocenters. The van der Waals surface area contributed by atoms with E-state index >= 15 is 0 Å². The van der Waals surface area contributed by atoms with Crippen LogP contribution in [0.1, 0.15) is 46.5 Å². The van der Waals surface area contributed by atoms with Crippen LogP contribution in [0.15, 0.2) is 72.8 Å². The lowest BCUT2D eigenvalue weighted by Crippen LogP contribution is -2.13. The Morgan fingerprint density at radius 2 is 1.41 bits per heavy atom. The van der Waals surface area contributed by atoms with E-state index < -0.39 is 0 Å². The quantitative estimate of drug-likeness (QED) is 0.164. The molecular weight excluding hydrogens is 510 g/mol. The molecule has 0 saturated carbocycles. The van der Waals surface area contributed by atoms with Gasteiger partial charge in [0.25, 0.3) is 0 Å². The standard InChI is InChI=1S/C35H35N3O3/c1-4-7-9-22(5-2)21-41-35-37-33(36-34(38-35)29-19-16-26(40-6-3)20-30(29)39)28-18-15-25-13-12-23-10-8-11-24-14-17-27(28)32(25)31(23)24/h8,10-20,22,39H,4-7,9,21H2,1-3H3. The molecular formula is C35H35N3O3. The molecule has 0 fully saturated rings. The maximum absolute atomic E-state index is 10.9. The predicted molar refractivity (Wildman–Crippen MR) is 166 cm³/mol. The van der Waals surface area contributed by atoms with Gasteiger partial charge < -0.3 is 14.6 Å². The van der Waals surface area contributed by atoms with Crippen LogP contribution >= 0.6 is 0 Å².